The van der Waals surface area contributed by atoms with Gasteiger partial charge in [-0.05, 0) is 56.7 Å². The summed E-state index contributed by atoms with van der Waals surface area (Å²) in [7, 11) is 0. The summed E-state index contributed by atoms with van der Waals surface area (Å²) in [5.41, 5.74) is 4.33. The fourth-order valence-corrected chi connectivity index (χ4v) is 2.63. The molecule has 0 fully saturated rings. The molecule has 1 aromatic heterocycles. The Hall–Kier alpha value is -3.41. The second kappa shape index (κ2) is 7.23. The molecule has 26 heavy (non-hydrogen) atoms. The molecule has 132 valence electrons. The first kappa shape index (κ1) is 17.4. The molecule has 6 nitrogen and oxygen atoms in total. The molecule has 3 N–H and O–H groups in total. The Labute approximate surface area is 152 Å². The van der Waals surface area contributed by atoms with Crippen LogP contribution >= 0.6 is 0 Å². The number of hydrogen-bond donors (Lipinski definition) is 3. The van der Waals surface area contributed by atoms with Gasteiger partial charge in [0.25, 0.3) is 0 Å². The van der Waals surface area contributed by atoms with Crippen LogP contribution in [0.4, 0.5) is 23.0 Å². The number of aromatic nitrogens is 2. The van der Waals surface area contributed by atoms with Crippen LogP contribution < -0.4 is 10.6 Å². The van der Waals surface area contributed by atoms with E-state index in [-0.39, 0.29) is 5.56 Å². The lowest BCUT2D eigenvalue weighted by atomic mass is 10.1. The summed E-state index contributed by atoms with van der Waals surface area (Å²) >= 11 is 0. The van der Waals surface area contributed by atoms with Gasteiger partial charge in [-0.15, -0.1) is 0 Å². The molecule has 0 spiro atoms. The van der Waals surface area contributed by atoms with Crippen molar-refractivity contribution in [1.29, 1.82) is 0 Å². The third-order valence-corrected chi connectivity index (χ3v) is 3.89. The molecule has 0 amide bonds. The van der Waals surface area contributed by atoms with Crippen molar-refractivity contribution >= 4 is 29.0 Å². The molecule has 1 heterocycles. The molecule has 3 rings (SSSR count). The van der Waals surface area contributed by atoms with Crippen molar-refractivity contribution in [3.8, 4) is 0 Å². The lowest BCUT2D eigenvalue weighted by Gasteiger charge is -2.12. The van der Waals surface area contributed by atoms with E-state index >= 15 is 0 Å². The van der Waals surface area contributed by atoms with Crippen LogP contribution in [0.3, 0.4) is 0 Å². The quantitative estimate of drug-likeness (QED) is 0.625. The van der Waals surface area contributed by atoms with Gasteiger partial charge in [0.2, 0.25) is 0 Å². The van der Waals surface area contributed by atoms with Gasteiger partial charge in [0.1, 0.15) is 17.5 Å². The number of nitrogens with zero attached hydrogens (tertiary/aromatic N) is 2. The number of aryl methyl sites for hydroxylation is 3. The highest BCUT2D eigenvalue weighted by Gasteiger charge is 2.06. The van der Waals surface area contributed by atoms with Crippen molar-refractivity contribution < 1.29 is 9.90 Å². The van der Waals surface area contributed by atoms with E-state index in [4.69, 9.17) is 5.11 Å². The number of anilines is 4. The number of nitrogens with one attached hydrogen (secondary N) is 2. The first-order valence-corrected chi connectivity index (χ1v) is 8.21. The number of rotatable bonds is 5. The van der Waals surface area contributed by atoms with Crippen LogP contribution in [0, 0.1) is 20.8 Å². The molecular formula is C20H20N4O2. The van der Waals surface area contributed by atoms with Gasteiger partial charge < -0.3 is 15.7 Å². The summed E-state index contributed by atoms with van der Waals surface area (Å²) in [4.78, 5) is 19.8. The molecule has 0 unspecified atom stereocenters. The number of hydrogen-bond acceptors (Lipinski definition) is 5. The highest BCUT2D eigenvalue weighted by atomic mass is 16.4. The molecule has 0 saturated carbocycles. The lowest BCUT2D eigenvalue weighted by molar-refractivity contribution is 0.0697. The molecular weight excluding hydrogens is 328 g/mol. The van der Waals surface area contributed by atoms with Gasteiger partial charge in [0.15, 0.2) is 0 Å². The average Bonchev–Trinajstić information content (AvgIpc) is 2.57. The maximum Gasteiger partial charge on any atom is 0.335 e. The molecule has 0 saturated heterocycles. The average molecular weight is 348 g/mol. The van der Waals surface area contributed by atoms with Crippen molar-refractivity contribution in [2.45, 2.75) is 20.8 Å². The summed E-state index contributed by atoms with van der Waals surface area (Å²) in [6, 6.07) is 14.5. The molecule has 2 aromatic carbocycles. The summed E-state index contributed by atoms with van der Waals surface area (Å²) in [6.07, 6.45) is 0. The lowest BCUT2D eigenvalue weighted by Crippen LogP contribution is -2.02. The zero-order valence-corrected chi connectivity index (χ0v) is 14.9. The van der Waals surface area contributed by atoms with Crippen LogP contribution in [-0.2, 0) is 0 Å². The second-order valence-electron chi connectivity index (χ2n) is 6.14. The van der Waals surface area contributed by atoms with Gasteiger partial charge in [-0.1, -0.05) is 17.7 Å². The van der Waals surface area contributed by atoms with E-state index in [1.807, 2.05) is 32.0 Å². The largest absolute Gasteiger partial charge is 0.478 e. The van der Waals surface area contributed by atoms with Gasteiger partial charge in [-0.25, -0.2) is 14.8 Å². The van der Waals surface area contributed by atoms with Gasteiger partial charge in [0.05, 0.1) is 5.56 Å². The van der Waals surface area contributed by atoms with E-state index < -0.39 is 5.97 Å². The summed E-state index contributed by atoms with van der Waals surface area (Å²) < 4.78 is 0. The SMILES string of the molecule is Cc1ccc(Nc2cc(Nc3ccc(C(=O)O)cc3)nc(C)n2)c(C)c1. The van der Waals surface area contributed by atoms with Crippen molar-refractivity contribution in [1.82, 2.24) is 9.97 Å². The van der Waals surface area contributed by atoms with Crippen LogP contribution in [-0.4, -0.2) is 21.0 Å². The standard InChI is InChI=1S/C20H20N4O2/c1-12-4-9-17(13(2)10-12)24-19-11-18(21-14(3)22-19)23-16-7-5-15(6-8-16)20(25)26/h4-11H,1-3H3,(H,25,26)(H2,21,22,23,24). The van der Waals surface area contributed by atoms with Crippen molar-refractivity contribution in [3.05, 3.63) is 71.0 Å². The van der Waals surface area contributed by atoms with Gasteiger partial charge in [-0.3, -0.25) is 0 Å². The zero-order valence-electron chi connectivity index (χ0n) is 14.9. The molecule has 0 radical (unpaired) electrons. The predicted molar refractivity (Wildman–Crippen MR) is 103 cm³/mol. The van der Waals surface area contributed by atoms with Crippen molar-refractivity contribution in [2.24, 2.45) is 0 Å². The predicted octanol–water partition coefficient (Wildman–Crippen LogP) is 4.59. The molecule has 0 bridgehead atoms. The summed E-state index contributed by atoms with van der Waals surface area (Å²) in [5, 5.41) is 15.5. The minimum atomic E-state index is -0.950. The first-order chi connectivity index (χ1) is 12.4. The minimum absolute atomic E-state index is 0.242. The topological polar surface area (TPSA) is 87.1 Å². The Kier molecular flexibility index (Phi) is 4.84. The van der Waals surface area contributed by atoms with E-state index in [1.165, 1.54) is 5.56 Å². The van der Waals surface area contributed by atoms with Crippen LogP contribution in [0.1, 0.15) is 27.3 Å². The van der Waals surface area contributed by atoms with Crippen LogP contribution in [0.25, 0.3) is 0 Å². The van der Waals surface area contributed by atoms with Crippen LogP contribution in [0.15, 0.2) is 48.5 Å². The maximum atomic E-state index is 10.9. The molecule has 0 aliphatic rings. The Balaban J connectivity index is 1.82. The number of benzene rings is 2. The Morgan fingerprint density at radius 3 is 2.15 bits per heavy atom. The number of carboxylic acids is 1. The minimum Gasteiger partial charge on any atom is -0.478 e. The third-order valence-electron chi connectivity index (χ3n) is 3.89. The number of aromatic carboxylic acids is 1. The van der Waals surface area contributed by atoms with Crippen LogP contribution in [0.5, 0.6) is 0 Å². The van der Waals surface area contributed by atoms with E-state index in [0.717, 1.165) is 16.9 Å². The first-order valence-electron chi connectivity index (χ1n) is 8.21. The highest BCUT2D eigenvalue weighted by Crippen LogP contribution is 2.23. The normalized spacial score (nSPS) is 10.4. The van der Waals surface area contributed by atoms with Crippen LogP contribution in [0.2, 0.25) is 0 Å². The monoisotopic (exact) mass is 348 g/mol. The van der Waals surface area contributed by atoms with E-state index in [2.05, 4.69) is 33.6 Å². The van der Waals surface area contributed by atoms with Gasteiger partial charge >= 0.3 is 5.97 Å². The van der Waals surface area contributed by atoms with Gasteiger partial charge in [-0.2, -0.15) is 0 Å². The zero-order chi connectivity index (χ0) is 18.7. The Morgan fingerprint density at radius 1 is 0.885 bits per heavy atom. The molecule has 3 aromatic rings. The number of carboxylic acid groups (broad SMARTS) is 1. The number of carbonyl (C=O) groups is 1. The fourth-order valence-electron chi connectivity index (χ4n) is 2.63. The Morgan fingerprint density at radius 2 is 1.54 bits per heavy atom. The third kappa shape index (κ3) is 4.16. The fraction of sp³-hybridized carbons (Fsp3) is 0.150. The summed E-state index contributed by atoms with van der Waals surface area (Å²) in [6.45, 7) is 5.93. The van der Waals surface area contributed by atoms with E-state index in [1.54, 1.807) is 24.3 Å². The summed E-state index contributed by atoms with van der Waals surface area (Å²) in [5.74, 6) is 1.00. The smallest absolute Gasteiger partial charge is 0.335 e. The Bertz CT molecular complexity index is 953. The van der Waals surface area contributed by atoms with Crippen molar-refractivity contribution in [3.63, 3.8) is 0 Å². The van der Waals surface area contributed by atoms with E-state index in [0.29, 0.717) is 17.5 Å². The highest BCUT2D eigenvalue weighted by molar-refractivity contribution is 5.88. The molecule has 0 atom stereocenters. The molecule has 0 aliphatic carbocycles. The maximum absolute atomic E-state index is 10.9. The van der Waals surface area contributed by atoms with E-state index in [9.17, 15) is 4.79 Å². The second-order valence-corrected chi connectivity index (χ2v) is 6.14. The molecule has 0 aliphatic heterocycles. The molecule has 6 heteroatoms. The van der Waals surface area contributed by atoms with Gasteiger partial charge in [0, 0.05) is 17.4 Å². The van der Waals surface area contributed by atoms with Crippen molar-refractivity contribution in [2.75, 3.05) is 10.6 Å².